The van der Waals surface area contributed by atoms with Gasteiger partial charge in [-0.15, -0.1) is 23.1 Å². The highest BCUT2D eigenvalue weighted by Gasteiger charge is 2.11. The normalized spacial score (nSPS) is 12.5. The molecule has 102 valence electrons. The highest BCUT2D eigenvalue weighted by molar-refractivity contribution is 7.99. The quantitative estimate of drug-likeness (QED) is 0.786. The molecule has 0 amide bonds. The molecule has 1 aromatic carbocycles. The van der Waals surface area contributed by atoms with Gasteiger partial charge in [0.05, 0.1) is 5.01 Å². The van der Waals surface area contributed by atoms with Crippen molar-refractivity contribution in [3.8, 4) is 0 Å². The summed E-state index contributed by atoms with van der Waals surface area (Å²) in [5.74, 6) is 1.08. The van der Waals surface area contributed by atoms with Gasteiger partial charge in [-0.3, -0.25) is 0 Å². The zero-order valence-corrected chi connectivity index (χ0v) is 13.1. The molecule has 1 unspecified atom stereocenters. The molecule has 1 heterocycles. The second-order valence-corrected chi connectivity index (χ2v) is 6.50. The van der Waals surface area contributed by atoms with E-state index in [1.54, 1.807) is 11.3 Å². The molecule has 0 saturated heterocycles. The Morgan fingerprint density at radius 1 is 1.32 bits per heavy atom. The van der Waals surface area contributed by atoms with E-state index in [0.29, 0.717) is 6.04 Å². The third-order valence-corrected chi connectivity index (χ3v) is 4.94. The number of hydrogen-bond acceptors (Lipinski definition) is 4. The number of nitrogens with one attached hydrogen (secondary N) is 1. The van der Waals surface area contributed by atoms with Crippen molar-refractivity contribution in [2.45, 2.75) is 31.2 Å². The predicted molar refractivity (Wildman–Crippen MR) is 85.2 cm³/mol. The Hall–Kier alpha value is -0.840. The van der Waals surface area contributed by atoms with Crippen LogP contribution in [-0.4, -0.2) is 23.3 Å². The monoisotopic (exact) mass is 292 g/mol. The molecule has 4 heteroatoms. The van der Waals surface area contributed by atoms with Gasteiger partial charge in [-0.25, -0.2) is 4.98 Å². The van der Waals surface area contributed by atoms with E-state index in [1.165, 1.54) is 9.90 Å². The smallest absolute Gasteiger partial charge is 0.0943 e. The molecule has 2 rings (SSSR count). The summed E-state index contributed by atoms with van der Waals surface area (Å²) >= 11 is 3.67. The maximum Gasteiger partial charge on any atom is 0.0943 e. The number of benzene rings is 1. The maximum atomic E-state index is 4.56. The molecular weight excluding hydrogens is 272 g/mol. The minimum absolute atomic E-state index is 0.487. The fourth-order valence-corrected chi connectivity index (χ4v) is 3.73. The van der Waals surface area contributed by atoms with Crippen molar-refractivity contribution >= 4 is 23.1 Å². The number of aromatic nitrogens is 1. The average molecular weight is 292 g/mol. The molecule has 0 aliphatic rings. The van der Waals surface area contributed by atoms with Gasteiger partial charge in [0.1, 0.15) is 0 Å². The van der Waals surface area contributed by atoms with Gasteiger partial charge in [0.2, 0.25) is 0 Å². The van der Waals surface area contributed by atoms with Crippen LogP contribution in [0.3, 0.4) is 0 Å². The lowest BCUT2D eigenvalue weighted by molar-refractivity contribution is 0.571. The first kappa shape index (κ1) is 14.6. The summed E-state index contributed by atoms with van der Waals surface area (Å²) in [7, 11) is 0. The second kappa shape index (κ2) is 7.68. The largest absolute Gasteiger partial charge is 0.313 e. The van der Waals surface area contributed by atoms with Crippen molar-refractivity contribution in [3.05, 3.63) is 46.4 Å². The van der Waals surface area contributed by atoms with Gasteiger partial charge in [0.25, 0.3) is 0 Å². The van der Waals surface area contributed by atoms with Crippen LogP contribution in [0, 0.1) is 6.92 Å². The standard InChI is InChI=1S/C15H20N2S2/c1-3-16-13(9-15-17-12(2)10-19-15)11-18-14-7-5-4-6-8-14/h4-8,10,13,16H,3,9,11H2,1-2H3. The van der Waals surface area contributed by atoms with Crippen molar-refractivity contribution in [2.75, 3.05) is 12.3 Å². The third kappa shape index (κ3) is 4.97. The van der Waals surface area contributed by atoms with Crippen molar-refractivity contribution in [3.63, 3.8) is 0 Å². The molecule has 2 nitrogen and oxygen atoms in total. The van der Waals surface area contributed by atoms with E-state index in [1.807, 2.05) is 11.8 Å². The Morgan fingerprint density at radius 2 is 2.11 bits per heavy atom. The van der Waals surface area contributed by atoms with Crippen LogP contribution >= 0.6 is 23.1 Å². The summed E-state index contributed by atoms with van der Waals surface area (Å²) in [5.41, 5.74) is 1.13. The van der Waals surface area contributed by atoms with Crippen molar-refractivity contribution < 1.29 is 0 Å². The highest BCUT2D eigenvalue weighted by Crippen LogP contribution is 2.20. The molecule has 0 spiro atoms. The number of nitrogens with zero attached hydrogens (tertiary/aromatic N) is 1. The molecule has 0 fully saturated rings. The highest BCUT2D eigenvalue weighted by atomic mass is 32.2. The van der Waals surface area contributed by atoms with Gasteiger partial charge in [0, 0.05) is 34.2 Å². The first-order chi connectivity index (χ1) is 9.28. The summed E-state index contributed by atoms with van der Waals surface area (Å²) in [6, 6.07) is 11.1. The van der Waals surface area contributed by atoms with Gasteiger partial charge >= 0.3 is 0 Å². The summed E-state index contributed by atoms with van der Waals surface area (Å²) in [5, 5.41) is 6.92. The average Bonchev–Trinajstić information content (AvgIpc) is 2.83. The SMILES string of the molecule is CCNC(CSc1ccccc1)Cc1nc(C)cs1. The molecule has 19 heavy (non-hydrogen) atoms. The van der Waals surface area contributed by atoms with E-state index < -0.39 is 0 Å². The van der Waals surface area contributed by atoms with Gasteiger partial charge in [0.15, 0.2) is 0 Å². The van der Waals surface area contributed by atoms with Gasteiger partial charge in [-0.2, -0.15) is 0 Å². The van der Waals surface area contributed by atoms with Crippen LogP contribution in [0.1, 0.15) is 17.6 Å². The maximum absolute atomic E-state index is 4.56. The van der Waals surface area contributed by atoms with Crippen LogP contribution in [0.4, 0.5) is 0 Å². The Balaban J connectivity index is 1.89. The first-order valence-electron chi connectivity index (χ1n) is 6.60. The molecule has 1 atom stereocenters. The Morgan fingerprint density at radius 3 is 2.74 bits per heavy atom. The Labute approximate surface area is 123 Å². The van der Waals surface area contributed by atoms with E-state index in [0.717, 1.165) is 24.4 Å². The summed E-state index contributed by atoms with van der Waals surface area (Å²) in [6.45, 7) is 5.22. The molecule has 2 aromatic rings. The zero-order valence-electron chi connectivity index (χ0n) is 11.4. The van der Waals surface area contributed by atoms with E-state index in [2.05, 4.69) is 59.9 Å². The van der Waals surface area contributed by atoms with Crippen LogP contribution in [0.2, 0.25) is 0 Å². The third-order valence-electron chi connectivity index (χ3n) is 2.77. The van der Waals surface area contributed by atoms with E-state index in [4.69, 9.17) is 0 Å². The summed E-state index contributed by atoms with van der Waals surface area (Å²) in [4.78, 5) is 5.89. The number of thiazole rings is 1. The molecule has 0 radical (unpaired) electrons. The lowest BCUT2D eigenvalue weighted by Gasteiger charge is -2.16. The fourth-order valence-electron chi connectivity index (χ4n) is 1.90. The van der Waals surface area contributed by atoms with Crippen LogP contribution in [0.5, 0.6) is 0 Å². The zero-order chi connectivity index (χ0) is 13.5. The Kier molecular flexibility index (Phi) is 5.89. The van der Waals surface area contributed by atoms with Crippen LogP contribution in [-0.2, 0) is 6.42 Å². The fraction of sp³-hybridized carbons (Fsp3) is 0.400. The Bertz CT molecular complexity index is 482. The van der Waals surface area contributed by atoms with E-state index in [9.17, 15) is 0 Å². The van der Waals surface area contributed by atoms with Crippen LogP contribution in [0.15, 0.2) is 40.6 Å². The van der Waals surface area contributed by atoms with Gasteiger partial charge < -0.3 is 5.32 Å². The lowest BCUT2D eigenvalue weighted by Crippen LogP contribution is -2.33. The van der Waals surface area contributed by atoms with Crippen molar-refractivity contribution in [2.24, 2.45) is 0 Å². The lowest BCUT2D eigenvalue weighted by atomic mass is 10.2. The molecule has 0 bridgehead atoms. The van der Waals surface area contributed by atoms with Gasteiger partial charge in [-0.05, 0) is 25.6 Å². The minimum Gasteiger partial charge on any atom is -0.313 e. The number of hydrogen-bond donors (Lipinski definition) is 1. The van der Waals surface area contributed by atoms with Crippen LogP contribution < -0.4 is 5.32 Å². The van der Waals surface area contributed by atoms with E-state index in [-0.39, 0.29) is 0 Å². The topological polar surface area (TPSA) is 24.9 Å². The number of likely N-dealkylation sites (N-methyl/N-ethyl adjacent to an activating group) is 1. The van der Waals surface area contributed by atoms with Crippen molar-refractivity contribution in [1.29, 1.82) is 0 Å². The predicted octanol–water partition coefficient (Wildman–Crippen LogP) is 3.76. The van der Waals surface area contributed by atoms with Gasteiger partial charge in [-0.1, -0.05) is 25.1 Å². The molecule has 0 saturated carbocycles. The molecular formula is C15H20N2S2. The second-order valence-electron chi connectivity index (χ2n) is 4.47. The molecule has 1 N–H and O–H groups in total. The van der Waals surface area contributed by atoms with Crippen LogP contribution in [0.25, 0.3) is 0 Å². The molecule has 1 aromatic heterocycles. The summed E-state index contributed by atoms with van der Waals surface area (Å²) < 4.78 is 0. The molecule has 0 aliphatic heterocycles. The molecule has 0 aliphatic carbocycles. The number of rotatable bonds is 7. The number of aryl methyl sites for hydroxylation is 1. The first-order valence-corrected chi connectivity index (χ1v) is 8.46. The number of thioether (sulfide) groups is 1. The summed E-state index contributed by atoms with van der Waals surface area (Å²) in [6.07, 6.45) is 1.02. The minimum atomic E-state index is 0.487. The van der Waals surface area contributed by atoms with E-state index >= 15 is 0 Å². The van der Waals surface area contributed by atoms with Crippen molar-refractivity contribution in [1.82, 2.24) is 10.3 Å².